The van der Waals surface area contributed by atoms with Crippen LogP contribution >= 0.6 is 0 Å². The van der Waals surface area contributed by atoms with Gasteiger partial charge >= 0.3 is 0 Å². The third-order valence-corrected chi connectivity index (χ3v) is 5.83. The van der Waals surface area contributed by atoms with E-state index in [9.17, 15) is 14.4 Å². The van der Waals surface area contributed by atoms with Crippen LogP contribution in [-0.2, 0) is 14.4 Å². The standard InChI is InChI=1S/C20H34N2O3/c1-19(2,3)14-9-11-21(13-14)16(23)8-7-10-22-17(24)12-15(18(22)25)20(4,5)6/h14-15H,7-13H2,1-6H3. The molecule has 0 bridgehead atoms. The molecule has 0 spiro atoms. The molecule has 3 amide bonds. The van der Waals surface area contributed by atoms with E-state index in [1.165, 1.54) is 4.90 Å². The molecule has 2 fully saturated rings. The van der Waals surface area contributed by atoms with Crippen molar-refractivity contribution in [2.24, 2.45) is 22.7 Å². The fraction of sp³-hybridized carbons (Fsp3) is 0.850. The summed E-state index contributed by atoms with van der Waals surface area (Å²) in [6.45, 7) is 14.7. The Balaban J connectivity index is 1.80. The second-order valence-corrected chi connectivity index (χ2v) is 9.80. The van der Waals surface area contributed by atoms with Crippen molar-refractivity contribution in [3.05, 3.63) is 0 Å². The van der Waals surface area contributed by atoms with Gasteiger partial charge in [-0.1, -0.05) is 41.5 Å². The van der Waals surface area contributed by atoms with Crippen LogP contribution in [0.3, 0.4) is 0 Å². The number of imide groups is 1. The molecule has 2 aliphatic heterocycles. The Hall–Kier alpha value is -1.39. The van der Waals surface area contributed by atoms with Crippen molar-refractivity contribution in [3.63, 3.8) is 0 Å². The molecule has 2 saturated heterocycles. The van der Waals surface area contributed by atoms with E-state index in [2.05, 4.69) is 20.8 Å². The van der Waals surface area contributed by atoms with Crippen molar-refractivity contribution in [1.82, 2.24) is 9.80 Å². The van der Waals surface area contributed by atoms with Crippen molar-refractivity contribution in [3.8, 4) is 0 Å². The lowest BCUT2D eigenvalue weighted by atomic mass is 9.80. The van der Waals surface area contributed by atoms with Crippen molar-refractivity contribution in [2.45, 2.75) is 67.2 Å². The Labute approximate surface area is 152 Å². The minimum absolute atomic E-state index is 0.0704. The molecule has 0 aromatic rings. The lowest BCUT2D eigenvalue weighted by Gasteiger charge is -2.27. The van der Waals surface area contributed by atoms with E-state index in [1.54, 1.807) is 0 Å². The molecule has 0 saturated carbocycles. The molecule has 0 radical (unpaired) electrons. The molecule has 0 aromatic heterocycles. The van der Waals surface area contributed by atoms with Gasteiger partial charge in [0.15, 0.2) is 0 Å². The summed E-state index contributed by atoms with van der Waals surface area (Å²) in [5, 5.41) is 0. The van der Waals surface area contributed by atoms with Crippen molar-refractivity contribution < 1.29 is 14.4 Å². The molecule has 2 atom stereocenters. The summed E-state index contributed by atoms with van der Waals surface area (Å²) < 4.78 is 0. The second-order valence-electron chi connectivity index (χ2n) is 9.80. The van der Waals surface area contributed by atoms with Crippen LogP contribution in [0.2, 0.25) is 0 Å². The summed E-state index contributed by atoms with van der Waals surface area (Å²) in [6.07, 6.45) is 2.33. The van der Waals surface area contributed by atoms with Gasteiger partial charge in [-0.3, -0.25) is 19.3 Å². The highest BCUT2D eigenvalue weighted by atomic mass is 16.2. The molecular formula is C20H34N2O3. The number of hydrogen-bond donors (Lipinski definition) is 0. The molecule has 5 heteroatoms. The number of carbonyl (C=O) groups excluding carboxylic acids is 3. The smallest absolute Gasteiger partial charge is 0.233 e. The Bertz CT molecular complexity index is 542. The normalized spacial score (nSPS) is 25.2. The minimum atomic E-state index is -0.234. The molecule has 0 aromatic carbocycles. The minimum Gasteiger partial charge on any atom is -0.342 e. The number of amides is 3. The van der Waals surface area contributed by atoms with Gasteiger partial charge in [-0.25, -0.2) is 0 Å². The number of likely N-dealkylation sites (tertiary alicyclic amines) is 2. The molecule has 2 rings (SSSR count). The number of rotatable bonds is 4. The van der Waals surface area contributed by atoms with E-state index >= 15 is 0 Å². The van der Waals surface area contributed by atoms with E-state index in [4.69, 9.17) is 0 Å². The summed E-state index contributed by atoms with van der Waals surface area (Å²) in [5.41, 5.74) is 0.0280. The van der Waals surface area contributed by atoms with Gasteiger partial charge in [0.1, 0.15) is 0 Å². The first-order valence-corrected chi connectivity index (χ1v) is 9.53. The summed E-state index contributed by atoms with van der Waals surface area (Å²) in [6, 6.07) is 0. The van der Waals surface area contributed by atoms with Gasteiger partial charge in [-0.05, 0) is 29.6 Å². The van der Waals surface area contributed by atoms with Crippen LogP contribution in [0.25, 0.3) is 0 Å². The fourth-order valence-corrected chi connectivity index (χ4v) is 3.83. The third-order valence-electron chi connectivity index (χ3n) is 5.83. The molecule has 0 N–H and O–H groups in total. The third kappa shape index (κ3) is 4.62. The lowest BCUT2D eigenvalue weighted by Crippen LogP contribution is -2.36. The summed E-state index contributed by atoms with van der Waals surface area (Å²) in [7, 11) is 0. The van der Waals surface area contributed by atoms with Gasteiger partial charge < -0.3 is 4.90 Å². The van der Waals surface area contributed by atoms with Crippen LogP contribution in [0.1, 0.15) is 67.2 Å². The van der Waals surface area contributed by atoms with E-state index < -0.39 is 0 Å². The summed E-state index contributed by atoms with van der Waals surface area (Å²) >= 11 is 0. The van der Waals surface area contributed by atoms with Gasteiger partial charge in [0.2, 0.25) is 17.7 Å². The molecule has 25 heavy (non-hydrogen) atoms. The monoisotopic (exact) mass is 350 g/mol. The summed E-state index contributed by atoms with van der Waals surface area (Å²) in [4.78, 5) is 40.3. The highest BCUT2D eigenvalue weighted by molar-refractivity contribution is 6.03. The zero-order chi connectivity index (χ0) is 19.0. The second kappa shape index (κ2) is 7.08. The lowest BCUT2D eigenvalue weighted by molar-refractivity contribution is -0.141. The van der Waals surface area contributed by atoms with Crippen molar-refractivity contribution >= 4 is 17.7 Å². The fourth-order valence-electron chi connectivity index (χ4n) is 3.83. The van der Waals surface area contributed by atoms with Gasteiger partial charge in [0.25, 0.3) is 0 Å². The van der Waals surface area contributed by atoms with E-state index in [0.717, 1.165) is 19.5 Å². The highest BCUT2D eigenvalue weighted by Crippen LogP contribution is 2.36. The average Bonchev–Trinajstić information content (AvgIpc) is 3.05. The van der Waals surface area contributed by atoms with Crippen LogP contribution in [0.4, 0.5) is 0 Å². The van der Waals surface area contributed by atoms with Gasteiger partial charge in [0, 0.05) is 32.5 Å². The molecule has 2 heterocycles. The molecule has 2 unspecified atom stereocenters. The van der Waals surface area contributed by atoms with Crippen molar-refractivity contribution in [2.75, 3.05) is 19.6 Å². The van der Waals surface area contributed by atoms with E-state index in [0.29, 0.717) is 31.7 Å². The zero-order valence-electron chi connectivity index (χ0n) is 16.7. The Morgan fingerprint density at radius 2 is 1.72 bits per heavy atom. The Kier molecular flexibility index (Phi) is 5.65. The first kappa shape index (κ1) is 19.9. The first-order valence-electron chi connectivity index (χ1n) is 9.53. The Morgan fingerprint density at radius 1 is 1.08 bits per heavy atom. The van der Waals surface area contributed by atoms with Gasteiger partial charge in [-0.15, -0.1) is 0 Å². The molecule has 2 aliphatic rings. The quantitative estimate of drug-likeness (QED) is 0.732. The van der Waals surface area contributed by atoms with Crippen LogP contribution in [0.15, 0.2) is 0 Å². The maximum Gasteiger partial charge on any atom is 0.233 e. The Morgan fingerprint density at radius 3 is 2.20 bits per heavy atom. The van der Waals surface area contributed by atoms with Crippen LogP contribution in [0.5, 0.6) is 0 Å². The maximum atomic E-state index is 12.5. The van der Waals surface area contributed by atoms with Crippen molar-refractivity contribution in [1.29, 1.82) is 0 Å². The number of hydrogen-bond acceptors (Lipinski definition) is 3. The number of carbonyl (C=O) groups is 3. The molecular weight excluding hydrogens is 316 g/mol. The predicted octanol–water partition coefficient (Wildman–Crippen LogP) is 3.08. The summed E-state index contributed by atoms with van der Waals surface area (Å²) in [5.74, 6) is 0.302. The highest BCUT2D eigenvalue weighted by Gasteiger charge is 2.44. The SMILES string of the molecule is CC(C)(C)C1CCN(C(=O)CCCN2C(=O)CC(C(C)(C)C)C2=O)C1. The van der Waals surface area contributed by atoms with E-state index in [1.807, 2.05) is 25.7 Å². The van der Waals surface area contributed by atoms with Crippen LogP contribution in [-0.4, -0.2) is 47.2 Å². The molecule has 142 valence electrons. The van der Waals surface area contributed by atoms with Gasteiger partial charge in [-0.2, -0.15) is 0 Å². The topological polar surface area (TPSA) is 57.7 Å². The van der Waals surface area contributed by atoms with Crippen LogP contribution < -0.4 is 0 Å². The zero-order valence-corrected chi connectivity index (χ0v) is 16.7. The van der Waals surface area contributed by atoms with Crippen LogP contribution in [0, 0.1) is 22.7 Å². The molecule has 0 aliphatic carbocycles. The average molecular weight is 351 g/mol. The molecule has 5 nitrogen and oxygen atoms in total. The largest absolute Gasteiger partial charge is 0.342 e. The maximum absolute atomic E-state index is 12.5. The first-order chi connectivity index (χ1) is 11.4. The number of nitrogens with zero attached hydrogens (tertiary/aromatic N) is 2. The predicted molar refractivity (Wildman–Crippen MR) is 97.7 cm³/mol. The van der Waals surface area contributed by atoms with E-state index in [-0.39, 0.29) is 34.5 Å². The van der Waals surface area contributed by atoms with Gasteiger partial charge in [0.05, 0.1) is 5.92 Å².